The third kappa shape index (κ3) is 4.02. The maximum Gasteiger partial charge on any atom is 0.322 e. The maximum atomic E-state index is 11.8. The van der Waals surface area contributed by atoms with Crippen LogP contribution in [0.5, 0.6) is 0 Å². The number of amides is 1. The van der Waals surface area contributed by atoms with Crippen LogP contribution in [0, 0.1) is 6.92 Å². The Labute approximate surface area is 125 Å². The van der Waals surface area contributed by atoms with Gasteiger partial charge in [0.15, 0.2) is 5.16 Å². The zero-order valence-electron chi connectivity index (χ0n) is 11.9. The molecule has 0 aromatic carbocycles. The van der Waals surface area contributed by atoms with E-state index in [4.69, 9.17) is 10.2 Å². The molecule has 0 radical (unpaired) electrons. The van der Waals surface area contributed by atoms with Crippen LogP contribution in [0.15, 0.2) is 9.57 Å². The standard InChI is InChI=1S/C11H17N7O2S/c1-3-4-18-8(5-12)15-17-11(18)21-6-9(19)13-10-16-14-7(2)20-10/h3-6,12H2,1-2H3,(H,13,16,19). The van der Waals surface area contributed by atoms with Crippen molar-refractivity contribution in [2.45, 2.75) is 38.5 Å². The van der Waals surface area contributed by atoms with Gasteiger partial charge in [0.1, 0.15) is 5.82 Å². The summed E-state index contributed by atoms with van der Waals surface area (Å²) >= 11 is 1.29. The number of nitrogens with one attached hydrogen (secondary N) is 1. The summed E-state index contributed by atoms with van der Waals surface area (Å²) in [5, 5.41) is 18.6. The summed E-state index contributed by atoms with van der Waals surface area (Å²) in [5.41, 5.74) is 5.62. The first-order valence-corrected chi connectivity index (χ1v) is 7.47. The van der Waals surface area contributed by atoms with Crippen LogP contribution in [-0.2, 0) is 17.9 Å². The average molecular weight is 311 g/mol. The van der Waals surface area contributed by atoms with Crippen molar-refractivity contribution in [2.75, 3.05) is 11.1 Å². The number of carbonyl (C=O) groups excluding carboxylic acids is 1. The summed E-state index contributed by atoms with van der Waals surface area (Å²) in [4.78, 5) is 11.8. The van der Waals surface area contributed by atoms with Crippen molar-refractivity contribution < 1.29 is 9.21 Å². The zero-order valence-corrected chi connectivity index (χ0v) is 12.7. The van der Waals surface area contributed by atoms with Crippen molar-refractivity contribution in [1.29, 1.82) is 0 Å². The molecule has 1 amide bonds. The Morgan fingerprint density at radius 2 is 2.19 bits per heavy atom. The molecule has 9 nitrogen and oxygen atoms in total. The molecule has 0 aliphatic carbocycles. The predicted molar refractivity (Wildman–Crippen MR) is 76.6 cm³/mol. The van der Waals surface area contributed by atoms with Crippen LogP contribution in [-0.4, -0.2) is 36.6 Å². The highest BCUT2D eigenvalue weighted by atomic mass is 32.2. The van der Waals surface area contributed by atoms with E-state index in [9.17, 15) is 4.79 Å². The molecule has 0 unspecified atom stereocenters. The molecule has 2 aromatic heterocycles. The Bertz CT molecular complexity index is 609. The Kier molecular flexibility index (Phi) is 5.28. The molecule has 0 fully saturated rings. The Morgan fingerprint density at radius 3 is 2.81 bits per heavy atom. The molecule has 0 aliphatic rings. The second-order valence-electron chi connectivity index (χ2n) is 4.22. The first kappa shape index (κ1) is 15.4. The van der Waals surface area contributed by atoms with Crippen LogP contribution < -0.4 is 11.1 Å². The first-order valence-electron chi connectivity index (χ1n) is 6.49. The quantitative estimate of drug-likeness (QED) is 0.711. The van der Waals surface area contributed by atoms with Gasteiger partial charge in [0, 0.05) is 13.5 Å². The van der Waals surface area contributed by atoms with Crippen LogP contribution in [0.4, 0.5) is 6.01 Å². The predicted octanol–water partition coefficient (Wildman–Crippen LogP) is 0.569. The minimum absolute atomic E-state index is 0.0933. The minimum atomic E-state index is -0.246. The van der Waals surface area contributed by atoms with Gasteiger partial charge in [-0.1, -0.05) is 23.8 Å². The van der Waals surface area contributed by atoms with Gasteiger partial charge < -0.3 is 14.7 Å². The monoisotopic (exact) mass is 311 g/mol. The lowest BCUT2D eigenvalue weighted by molar-refractivity contribution is -0.113. The summed E-state index contributed by atoms with van der Waals surface area (Å²) in [6.07, 6.45) is 0.937. The van der Waals surface area contributed by atoms with Gasteiger partial charge >= 0.3 is 6.01 Å². The van der Waals surface area contributed by atoms with Crippen LogP contribution in [0.25, 0.3) is 0 Å². The lowest BCUT2D eigenvalue weighted by Gasteiger charge is -2.07. The zero-order chi connectivity index (χ0) is 15.2. The molecule has 10 heteroatoms. The fourth-order valence-electron chi connectivity index (χ4n) is 1.66. The molecule has 0 saturated carbocycles. The number of nitrogens with two attached hydrogens (primary N) is 1. The summed E-state index contributed by atoms with van der Waals surface area (Å²) in [6.45, 7) is 4.80. The molecule has 0 saturated heterocycles. The molecule has 2 heterocycles. The Hall–Kier alpha value is -1.94. The van der Waals surface area contributed by atoms with Gasteiger partial charge in [0.2, 0.25) is 11.8 Å². The van der Waals surface area contributed by atoms with Crippen molar-refractivity contribution in [3.63, 3.8) is 0 Å². The topological polar surface area (TPSA) is 125 Å². The van der Waals surface area contributed by atoms with Gasteiger partial charge in [-0.05, 0) is 6.42 Å². The first-order chi connectivity index (χ1) is 10.1. The van der Waals surface area contributed by atoms with E-state index in [0.29, 0.717) is 23.4 Å². The molecule has 21 heavy (non-hydrogen) atoms. The van der Waals surface area contributed by atoms with Crippen LogP contribution in [0.2, 0.25) is 0 Å². The maximum absolute atomic E-state index is 11.8. The van der Waals surface area contributed by atoms with E-state index in [1.807, 2.05) is 4.57 Å². The van der Waals surface area contributed by atoms with Crippen LogP contribution in [0.1, 0.15) is 25.1 Å². The number of thioether (sulfide) groups is 1. The van der Waals surface area contributed by atoms with E-state index in [1.54, 1.807) is 6.92 Å². The minimum Gasteiger partial charge on any atom is -0.408 e. The van der Waals surface area contributed by atoms with Gasteiger partial charge in [0.05, 0.1) is 12.3 Å². The molecule has 0 spiro atoms. The van der Waals surface area contributed by atoms with Gasteiger partial charge in [-0.15, -0.1) is 15.3 Å². The number of hydrogen-bond acceptors (Lipinski definition) is 8. The number of anilines is 1. The second-order valence-corrected chi connectivity index (χ2v) is 5.16. The highest BCUT2D eigenvalue weighted by Crippen LogP contribution is 2.18. The van der Waals surface area contributed by atoms with Crippen molar-refractivity contribution in [3.8, 4) is 0 Å². The van der Waals surface area contributed by atoms with Gasteiger partial charge in [-0.2, -0.15) is 0 Å². The summed E-state index contributed by atoms with van der Waals surface area (Å²) in [5.74, 6) is 1.04. The highest BCUT2D eigenvalue weighted by molar-refractivity contribution is 7.99. The normalized spacial score (nSPS) is 10.8. The lowest BCUT2D eigenvalue weighted by atomic mass is 10.4. The van der Waals surface area contributed by atoms with E-state index < -0.39 is 0 Å². The number of nitrogens with zero attached hydrogens (tertiary/aromatic N) is 5. The molecule has 2 aromatic rings. The van der Waals surface area contributed by atoms with Crippen molar-refractivity contribution in [2.24, 2.45) is 5.73 Å². The number of rotatable bonds is 7. The fourth-order valence-corrected chi connectivity index (χ4v) is 2.44. The molecular formula is C11H17N7O2S. The van der Waals surface area contributed by atoms with Gasteiger partial charge in [0.25, 0.3) is 0 Å². The molecule has 114 valence electrons. The Balaban J connectivity index is 1.93. The number of aromatic nitrogens is 5. The van der Waals surface area contributed by atoms with Crippen LogP contribution >= 0.6 is 11.8 Å². The molecule has 0 atom stereocenters. The average Bonchev–Trinajstić information content (AvgIpc) is 3.03. The van der Waals surface area contributed by atoms with Crippen molar-refractivity contribution in [3.05, 3.63) is 11.7 Å². The van der Waals surface area contributed by atoms with Crippen molar-refractivity contribution in [1.82, 2.24) is 25.0 Å². The Morgan fingerprint density at radius 1 is 1.38 bits per heavy atom. The van der Waals surface area contributed by atoms with Gasteiger partial charge in [-0.3, -0.25) is 10.1 Å². The number of carbonyl (C=O) groups is 1. The highest BCUT2D eigenvalue weighted by Gasteiger charge is 2.14. The molecule has 0 bridgehead atoms. The summed E-state index contributed by atoms with van der Waals surface area (Å²) in [6, 6.07) is 0.0933. The lowest BCUT2D eigenvalue weighted by Crippen LogP contribution is -2.15. The molecule has 0 aliphatic heterocycles. The fraction of sp³-hybridized carbons (Fsp3) is 0.545. The van der Waals surface area contributed by atoms with E-state index in [1.165, 1.54) is 11.8 Å². The number of aryl methyl sites for hydroxylation is 1. The third-order valence-corrected chi connectivity index (χ3v) is 3.49. The van der Waals surface area contributed by atoms with Crippen molar-refractivity contribution >= 4 is 23.7 Å². The van der Waals surface area contributed by atoms with E-state index >= 15 is 0 Å². The SMILES string of the molecule is CCCn1c(CN)nnc1SCC(=O)Nc1nnc(C)o1. The second kappa shape index (κ2) is 7.18. The molecule has 2 rings (SSSR count). The number of hydrogen-bond donors (Lipinski definition) is 2. The van der Waals surface area contributed by atoms with E-state index in [-0.39, 0.29) is 17.7 Å². The summed E-state index contributed by atoms with van der Waals surface area (Å²) < 4.78 is 7.00. The van der Waals surface area contributed by atoms with Gasteiger partial charge in [-0.25, -0.2) is 0 Å². The van der Waals surface area contributed by atoms with E-state index in [0.717, 1.165) is 13.0 Å². The molecular weight excluding hydrogens is 294 g/mol. The van der Waals surface area contributed by atoms with E-state index in [2.05, 4.69) is 32.6 Å². The van der Waals surface area contributed by atoms with Crippen LogP contribution in [0.3, 0.4) is 0 Å². The molecule has 3 N–H and O–H groups in total. The third-order valence-electron chi connectivity index (χ3n) is 2.53. The smallest absolute Gasteiger partial charge is 0.322 e. The summed E-state index contributed by atoms with van der Waals surface area (Å²) in [7, 11) is 0. The largest absolute Gasteiger partial charge is 0.408 e.